The summed E-state index contributed by atoms with van der Waals surface area (Å²) in [6, 6.07) is 0.516. The summed E-state index contributed by atoms with van der Waals surface area (Å²) in [5.74, 6) is 0.870. The second-order valence-corrected chi connectivity index (χ2v) is 6.15. The Labute approximate surface area is 146 Å². The number of nitrogens with one attached hydrogen (secondary N) is 3. The van der Waals surface area contributed by atoms with Gasteiger partial charge in [-0.3, -0.25) is 9.79 Å². The van der Waals surface area contributed by atoms with Crippen LogP contribution in [0.3, 0.4) is 0 Å². The second-order valence-electron chi connectivity index (χ2n) is 6.15. The number of nitrogens with zero attached hydrogens (tertiary/aromatic N) is 1. The van der Waals surface area contributed by atoms with E-state index < -0.39 is 5.41 Å². The van der Waals surface area contributed by atoms with Crippen LogP contribution in [0.1, 0.15) is 52.9 Å². The molecule has 0 bridgehead atoms. The van der Waals surface area contributed by atoms with Gasteiger partial charge >= 0.3 is 0 Å². The quantitative estimate of drug-likeness (QED) is 0.370. The molecule has 0 aromatic heterocycles. The number of hydrogen-bond donors (Lipinski definition) is 3. The van der Waals surface area contributed by atoms with Crippen molar-refractivity contribution in [2.45, 2.75) is 58.9 Å². The number of amides is 1. The van der Waals surface area contributed by atoms with Gasteiger partial charge in [0.15, 0.2) is 5.96 Å². The predicted molar refractivity (Wildman–Crippen MR) is 99.3 cm³/mol. The molecule has 0 aromatic carbocycles. The minimum Gasteiger partial charge on any atom is -0.356 e. The van der Waals surface area contributed by atoms with Crippen molar-refractivity contribution < 1.29 is 4.79 Å². The summed E-state index contributed by atoms with van der Waals surface area (Å²) in [7, 11) is 1.78. The molecule has 5 nitrogen and oxygen atoms in total. The van der Waals surface area contributed by atoms with Crippen LogP contribution in [0.25, 0.3) is 0 Å². The zero-order chi connectivity index (χ0) is 15.0. The van der Waals surface area contributed by atoms with Crippen molar-refractivity contribution in [2.24, 2.45) is 10.4 Å². The average Bonchev–Trinajstić information content (AvgIpc) is 2.44. The SMILES string of the molecule is CCNC(=O)C(C)(C)CNC(=NC)NC1CCCCC1.I. The van der Waals surface area contributed by atoms with Gasteiger partial charge in [-0.25, -0.2) is 0 Å². The molecule has 0 heterocycles. The first-order valence-electron chi connectivity index (χ1n) is 7.75. The van der Waals surface area contributed by atoms with Crippen molar-refractivity contribution >= 4 is 35.8 Å². The first-order chi connectivity index (χ1) is 9.49. The van der Waals surface area contributed by atoms with Crippen molar-refractivity contribution in [1.29, 1.82) is 0 Å². The fourth-order valence-electron chi connectivity index (χ4n) is 2.42. The lowest BCUT2D eigenvalue weighted by molar-refractivity contribution is -0.128. The van der Waals surface area contributed by atoms with Gasteiger partial charge in [-0.15, -0.1) is 24.0 Å². The monoisotopic (exact) mass is 410 g/mol. The maximum Gasteiger partial charge on any atom is 0.227 e. The fraction of sp³-hybridized carbons (Fsp3) is 0.867. The maximum absolute atomic E-state index is 11.9. The van der Waals surface area contributed by atoms with Crippen LogP contribution >= 0.6 is 24.0 Å². The van der Waals surface area contributed by atoms with Gasteiger partial charge in [0.05, 0.1) is 5.41 Å². The van der Waals surface area contributed by atoms with Gasteiger partial charge in [-0.05, 0) is 33.6 Å². The molecular formula is C15H31IN4O. The summed E-state index contributed by atoms with van der Waals surface area (Å²) in [6.45, 7) is 7.06. The van der Waals surface area contributed by atoms with E-state index in [9.17, 15) is 4.79 Å². The molecule has 0 saturated heterocycles. The molecule has 0 unspecified atom stereocenters. The van der Waals surface area contributed by atoms with Gasteiger partial charge in [0.2, 0.25) is 5.91 Å². The van der Waals surface area contributed by atoms with E-state index in [0.717, 1.165) is 5.96 Å². The molecule has 124 valence electrons. The highest BCUT2D eigenvalue weighted by Crippen LogP contribution is 2.17. The van der Waals surface area contributed by atoms with Crippen molar-refractivity contribution in [3.8, 4) is 0 Å². The molecule has 1 aliphatic carbocycles. The number of hydrogen-bond acceptors (Lipinski definition) is 2. The van der Waals surface area contributed by atoms with Crippen LogP contribution in [0.5, 0.6) is 0 Å². The molecule has 21 heavy (non-hydrogen) atoms. The van der Waals surface area contributed by atoms with E-state index in [1.54, 1.807) is 7.05 Å². The molecule has 1 fully saturated rings. The Hall–Kier alpha value is -0.530. The van der Waals surface area contributed by atoms with Crippen LogP contribution in [0.2, 0.25) is 0 Å². The molecule has 0 radical (unpaired) electrons. The lowest BCUT2D eigenvalue weighted by atomic mass is 9.92. The minimum absolute atomic E-state index is 0. The van der Waals surface area contributed by atoms with Crippen LogP contribution in [-0.2, 0) is 4.79 Å². The van der Waals surface area contributed by atoms with Crippen LogP contribution in [0, 0.1) is 5.41 Å². The minimum atomic E-state index is -0.444. The summed E-state index contributed by atoms with van der Waals surface area (Å²) in [6.07, 6.45) is 6.34. The van der Waals surface area contributed by atoms with E-state index in [0.29, 0.717) is 19.1 Å². The van der Waals surface area contributed by atoms with E-state index in [4.69, 9.17) is 0 Å². The van der Waals surface area contributed by atoms with Crippen LogP contribution in [0.15, 0.2) is 4.99 Å². The molecule has 0 spiro atoms. The van der Waals surface area contributed by atoms with Crippen LogP contribution in [0.4, 0.5) is 0 Å². The average molecular weight is 410 g/mol. The van der Waals surface area contributed by atoms with E-state index in [1.807, 2.05) is 20.8 Å². The molecule has 1 rings (SSSR count). The normalized spacial score (nSPS) is 16.9. The molecule has 6 heteroatoms. The highest BCUT2D eigenvalue weighted by atomic mass is 127. The Morgan fingerprint density at radius 3 is 2.33 bits per heavy atom. The maximum atomic E-state index is 11.9. The van der Waals surface area contributed by atoms with Gasteiger partial charge in [0, 0.05) is 26.2 Å². The number of aliphatic imine (C=N–C) groups is 1. The van der Waals surface area contributed by atoms with Gasteiger partial charge in [-0.1, -0.05) is 19.3 Å². The molecule has 0 aromatic rings. The Bertz CT molecular complexity index is 339. The first-order valence-corrected chi connectivity index (χ1v) is 7.75. The van der Waals surface area contributed by atoms with Crippen molar-refractivity contribution in [3.05, 3.63) is 0 Å². The summed E-state index contributed by atoms with van der Waals surface area (Å²) >= 11 is 0. The van der Waals surface area contributed by atoms with Gasteiger partial charge in [0.1, 0.15) is 0 Å². The third-order valence-electron chi connectivity index (χ3n) is 3.82. The van der Waals surface area contributed by atoms with E-state index in [1.165, 1.54) is 32.1 Å². The molecule has 3 N–H and O–H groups in total. The lowest BCUT2D eigenvalue weighted by Crippen LogP contribution is -2.50. The number of carbonyl (C=O) groups excluding carboxylic acids is 1. The van der Waals surface area contributed by atoms with E-state index >= 15 is 0 Å². The topological polar surface area (TPSA) is 65.5 Å². The Morgan fingerprint density at radius 2 is 1.81 bits per heavy atom. The molecule has 1 amide bonds. The number of halogens is 1. The summed E-state index contributed by atoms with van der Waals surface area (Å²) in [4.78, 5) is 16.2. The number of rotatable bonds is 5. The van der Waals surface area contributed by atoms with Gasteiger partial charge in [-0.2, -0.15) is 0 Å². The molecular weight excluding hydrogens is 379 g/mol. The largest absolute Gasteiger partial charge is 0.356 e. The number of guanidine groups is 1. The van der Waals surface area contributed by atoms with Crippen molar-refractivity contribution in [2.75, 3.05) is 20.1 Å². The fourth-order valence-corrected chi connectivity index (χ4v) is 2.42. The number of carbonyl (C=O) groups is 1. The Morgan fingerprint density at radius 1 is 1.19 bits per heavy atom. The standard InChI is InChI=1S/C15H30N4O.HI/c1-5-17-13(20)15(2,3)11-18-14(16-4)19-12-9-7-6-8-10-12;/h12H,5-11H2,1-4H3,(H,17,20)(H2,16,18,19);1H. The first kappa shape index (κ1) is 20.5. The smallest absolute Gasteiger partial charge is 0.227 e. The van der Waals surface area contributed by atoms with Crippen LogP contribution in [-0.4, -0.2) is 38.0 Å². The lowest BCUT2D eigenvalue weighted by Gasteiger charge is -2.28. The van der Waals surface area contributed by atoms with Crippen LogP contribution < -0.4 is 16.0 Å². The van der Waals surface area contributed by atoms with E-state index in [-0.39, 0.29) is 29.9 Å². The third kappa shape index (κ3) is 7.33. The zero-order valence-electron chi connectivity index (χ0n) is 13.8. The summed E-state index contributed by atoms with van der Waals surface area (Å²) in [5, 5.41) is 9.60. The second kappa shape index (κ2) is 10.2. The molecule has 1 aliphatic rings. The Kier molecular flexibility index (Phi) is 9.98. The van der Waals surface area contributed by atoms with E-state index in [2.05, 4.69) is 20.9 Å². The van der Waals surface area contributed by atoms with Crippen molar-refractivity contribution in [3.63, 3.8) is 0 Å². The molecule has 1 saturated carbocycles. The predicted octanol–water partition coefficient (Wildman–Crippen LogP) is 2.26. The summed E-state index contributed by atoms with van der Waals surface area (Å²) in [5.41, 5.74) is -0.444. The highest BCUT2D eigenvalue weighted by molar-refractivity contribution is 14.0. The van der Waals surface area contributed by atoms with Crippen molar-refractivity contribution in [1.82, 2.24) is 16.0 Å². The molecule has 0 atom stereocenters. The zero-order valence-corrected chi connectivity index (χ0v) is 16.1. The molecule has 0 aliphatic heterocycles. The van der Waals surface area contributed by atoms with Gasteiger partial charge in [0.25, 0.3) is 0 Å². The summed E-state index contributed by atoms with van der Waals surface area (Å²) < 4.78 is 0. The van der Waals surface area contributed by atoms with Gasteiger partial charge < -0.3 is 16.0 Å². The highest BCUT2D eigenvalue weighted by Gasteiger charge is 2.27. The Balaban J connectivity index is 0.00000400. The third-order valence-corrected chi connectivity index (χ3v) is 3.82.